The smallest absolute Gasteiger partial charge is 0.404 e. The Morgan fingerprint density at radius 2 is 2.03 bits per heavy atom. The fraction of sp³-hybridized carbons (Fsp3) is 0.217. The van der Waals surface area contributed by atoms with Crippen LogP contribution in [0.15, 0.2) is 61.1 Å². The molecule has 0 unspecified atom stereocenters. The Balaban J connectivity index is 1.45. The van der Waals surface area contributed by atoms with Crippen LogP contribution in [0.1, 0.15) is 12.8 Å². The third-order valence-electron chi connectivity index (χ3n) is 5.67. The topological polar surface area (TPSA) is 108 Å². The summed E-state index contributed by atoms with van der Waals surface area (Å²) in [6, 6.07) is 11.8. The van der Waals surface area contributed by atoms with Gasteiger partial charge < -0.3 is 20.6 Å². The summed E-state index contributed by atoms with van der Waals surface area (Å²) in [6.45, 7) is 1.36. The first-order valence-electron chi connectivity index (χ1n) is 10.6. The van der Waals surface area contributed by atoms with Crippen LogP contribution in [0.25, 0.3) is 16.8 Å². The van der Waals surface area contributed by atoms with Gasteiger partial charge in [0.25, 0.3) is 0 Å². The maximum atomic E-state index is 14.3. The molecule has 3 aromatic heterocycles. The van der Waals surface area contributed by atoms with Gasteiger partial charge in [0.05, 0.1) is 35.0 Å². The van der Waals surface area contributed by atoms with Crippen molar-refractivity contribution in [1.29, 1.82) is 0 Å². The van der Waals surface area contributed by atoms with Gasteiger partial charge in [-0.05, 0) is 43.2 Å². The predicted molar refractivity (Wildman–Crippen MR) is 122 cm³/mol. The maximum absolute atomic E-state index is 14.3. The van der Waals surface area contributed by atoms with E-state index in [1.807, 2.05) is 12.1 Å². The lowest BCUT2D eigenvalue weighted by atomic mass is 10.1. The summed E-state index contributed by atoms with van der Waals surface area (Å²) in [6.07, 6.45) is 5.73. The van der Waals surface area contributed by atoms with Crippen LogP contribution in [-0.2, 0) is 0 Å². The first kappa shape index (κ1) is 20.7. The molecule has 9 nitrogen and oxygen atoms in total. The number of aromatic nitrogens is 4. The molecule has 0 radical (unpaired) electrons. The second-order valence-electron chi connectivity index (χ2n) is 7.87. The van der Waals surface area contributed by atoms with Gasteiger partial charge in [0.15, 0.2) is 0 Å². The van der Waals surface area contributed by atoms with E-state index in [0.29, 0.717) is 23.8 Å². The van der Waals surface area contributed by atoms with Crippen molar-refractivity contribution in [3.63, 3.8) is 0 Å². The molecule has 10 heteroatoms. The van der Waals surface area contributed by atoms with Crippen molar-refractivity contribution in [2.24, 2.45) is 0 Å². The van der Waals surface area contributed by atoms with Crippen molar-refractivity contribution >= 4 is 28.9 Å². The summed E-state index contributed by atoms with van der Waals surface area (Å²) in [7, 11) is 0. The zero-order chi connectivity index (χ0) is 22.8. The lowest BCUT2D eigenvalue weighted by Crippen LogP contribution is -2.47. The molecule has 1 amide bonds. The minimum Gasteiger partial charge on any atom is -0.465 e. The second-order valence-corrected chi connectivity index (χ2v) is 7.87. The van der Waals surface area contributed by atoms with Crippen LogP contribution in [0, 0.1) is 5.82 Å². The summed E-state index contributed by atoms with van der Waals surface area (Å²) in [4.78, 5) is 21.9. The molecule has 4 aromatic rings. The largest absolute Gasteiger partial charge is 0.465 e. The van der Waals surface area contributed by atoms with E-state index in [9.17, 15) is 9.18 Å². The van der Waals surface area contributed by atoms with Crippen LogP contribution in [0.2, 0.25) is 0 Å². The fourth-order valence-electron chi connectivity index (χ4n) is 4.15. The third kappa shape index (κ3) is 4.27. The molecule has 33 heavy (non-hydrogen) atoms. The molecule has 1 fully saturated rings. The van der Waals surface area contributed by atoms with Gasteiger partial charge in [0.2, 0.25) is 5.95 Å². The number of nitrogens with one attached hydrogen (secondary N) is 2. The van der Waals surface area contributed by atoms with E-state index in [4.69, 9.17) is 5.11 Å². The number of rotatable bonds is 5. The molecular weight excluding hydrogens is 425 g/mol. The lowest BCUT2D eigenvalue weighted by molar-refractivity contribution is 0.188. The van der Waals surface area contributed by atoms with Gasteiger partial charge in [-0.15, -0.1) is 0 Å². The van der Waals surface area contributed by atoms with Gasteiger partial charge in [-0.25, -0.2) is 14.2 Å². The molecule has 1 atom stereocenters. The number of amides is 1. The molecule has 0 saturated carbocycles. The number of piperidine rings is 1. The lowest BCUT2D eigenvalue weighted by Gasteiger charge is -2.35. The van der Waals surface area contributed by atoms with Gasteiger partial charge in [-0.3, -0.25) is 4.98 Å². The van der Waals surface area contributed by atoms with E-state index in [0.717, 1.165) is 36.3 Å². The molecule has 5 rings (SSSR count). The zero-order valence-corrected chi connectivity index (χ0v) is 17.6. The summed E-state index contributed by atoms with van der Waals surface area (Å²) in [5.74, 6) is 0.123. The van der Waals surface area contributed by atoms with Crippen LogP contribution < -0.4 is 15.5 Å². The number of fused-ring (bicyclic) bond motifs is 1. The van der Waals surface area contributed by atoms with Gasteiger partial charge in [-0.2, -0.15) is 9.61 Å². The number of imidazole rings is 1. The third-order valence-corrected chi connectivity index (χ3v) is 5.67. The van der Waals surface area contributed by atoms with Crippen molar-refractivity contribution in [1.82, 2.24) is 24.9 Å². The van der Waals surface area contributed by atoms with Crippen LogP contribution in [0.3, 0.4) is 0 Å². The molecule has 1 saturated heterocycles. The quantitative estimate of drug-likeness (QED) is 0.426. The molecule has 0 spiro atoms. The van der Waals surface area contributed by atoms with Crippen LogP contribution in [0.4, 0.5) is 26.5 Å². The molecule has 1 aliphatic heterocycles. The Morgan fingerprint density at radius 3 is 2.88 bits per heavy atom. The highest BCUT2D eigenvalue weighted by Gasteiger charge is 2.23. The summed E-state index contributed by atoms with van der Waals surface area (Å²) >= 11 is 0. The Bertz CT molecular complexity index is 1310. The number of pyridine rings is 1. The van der Waals surface area contributed by atoms with Crippen molar-refractivity contribution in [3.05, 3.63) is 66.9 Å². The van der Waals surface area contributed by atoms with Gasteiger partial charge in [-0.1, -0.05) is 12.1 Å². The van der Waals surface area contributed by atoms with Gasteiger partial charge in [0, 0.05) is 30.9 Å². The molecule has 0 bridgehead atoms. The zero-order valence-electron chi connectivity index (χ0n) is 17.6. The molecule has 1 aromatic carbocycles. The predicted octanol–water partition coefficient (Wildman–Crippen LogP) is 3.91. The van der Waals surface area contributed by atoms with Crippen molar-refractivity contribution < 1.29 is 14.3 Å². The summed E-state index contributed by atoms with van der Waals surface area (Å²) < 4.78 is 15.9. The highest BCUT2D eigenvalue weighted by atomic mass is 19.1. The number of carbonyl (C=O) groups is 1. The van der Waals surface area contributed by atoms with Crippen molar-refractivity contribution in [2.45, 2.75) is 18.9 Å². The van der Waals surface area contributed by atoms with E-state index in [2.05, 4.69) is 30.6 Å². The van der Waals surface area contributed by atoms with Crippen LogP contribution in [0.5, 0.6) is 0 Å². The van der Waals surface area contributed by atoms with Gasteiger partial charge in [0.1, 0.15) is 5.82 Å². The molecule has 168 valence electrons. The Labute approximate surface area is 188 Å². The number of benzene rings is 1. The number of halogens is 1. The van der Waals surface area contributed by atoms with E-state index in [-0.39, 0.29) is 11.9 Å². The average Bonchev–Trinajstić information content (AvgIpc) is 3.21. The number of hydrogen-bond acceptors (Lipinski definition) is 6. The van der Waals surface area contributed by atoms with E-state index in [1.165, 1.54) is 6.07 Å². The maximum Gasteiger partial charge on any atom is 0.404 e. The fourth-order valence-corrected chi connectivity index (χ4v) is 4.15. The highest BCUT2D eigenvalue weighted by Crippen LogP contribution is 2.30. The molecule has 4 heterocycles. The molecular formula is C23H22FN7O2. The summed E-state index contributed by atoms with van der Waals surface area (Å²) in [5, 5.41) is 19.5. The molecule has 0 aliphatic carbocycles. The minimum absolute atomic E-state index is 0.144. The monoisotopic (exact) mass is 447 g/mol. The van der Waals surface area contributed by atoms with Crippen molar-refractivity contribution in [2.75, 3.05) is 23.3 Å². The highest BCUT2D eigenvalue weighted by molar-refractivity contribution is 5.74. The van der Waals surface area contributed by atoms with E-state index in [1.54, 1.807) is 47.4 Å². The van der Waals surface area contributed by atoms with Crippen LogP contribution >= 0.6 is 0 Å². The number of nitrogens with zero attached hydrogens (tertiary/aromatic N) is 5. The number of anilines is 3. The first-order chi connectivity index (χ1) is 16.1. The first-order valence-corrected chi connectivity index (χ1v) is 10.6. The Morgan fingerprint density at radius 1 is 1.15 bits per heavy atom. The van der Waals surface area contributed by atoms with Crippen LogP contribution in [-0.4, -0.2) is 49.9 Å². The standard InChI is InChI=1S/C23H22FN7O2/c24-18-6-2-1-5-17(18)19-8-7-16-12-26-22(31(16)29-19)28-20-13-25-10-9-21(20)30-11-3-4-15(14-30)27-23(32)33/h1-2,5-10,12-13,15,27H,3-4,11,14H2,(H,26,28)(H,32,33)/t15-/m0/s1. The van der Waals surface area contributed by atoms with Crippen molar-refractivity contribution in [3.8, 4) is 11.3 Å². The number of carboxylic acid groups (broad SMARTS) is 1. The Kier molecular flexibility index (Phi) is 5.47. The molecule has 1 aliphatic rings. The summed E-state index contributed by atoms with van der Waals surface area (Å²) in [5.41, 5.74) is 3.27. The molecule has 3 N–H and O–H groups in total. The number of hydrogen-bond donors (Lipinski definition) is 3. The minimum atomic E-state index is -1.02. The Hall–Kier alpha value is -4.21. The second kappa shape index (κ2) is 8.73. The average molecular weight is 447 g/mol. The van der Waals surface area contributed by atoms with Gasteiger partial charge >= 0.3 is 6.09 Å². The SMILES string of the molecule is O=C(O)N[C@H]1CCCN(c2ccncc2Nc2ncc3ccc(-c4ccccc4F)nn23)C1. The normalized spacial score (nSPS) is 16.0. The van der Waals surface area contributed by atoms with E-state index < -0.39 is 6.09 Å². The van der Waals surface area contributed by atoms with E-state index >= 15 is 0 Å².